The summed E-state index contributed by atoms with van der Waals surface area (Å²) >= 11 is 0. The van der Waals surface area contributed by atoms with Crippen LogP contribution in [-0.4, -0.2) is 18.8 Å². The van der Waals surface area contributed by atoms with Crippen molar-refractivity contribution in [3.8, 4) is 0 Å². The molecule has 0 bridgehead atoms. The number of ether oxygens (including phenoxy) is 1. The second-order valence-electron chi connectivity index (χ2n) is 6.62. The number of allylic oxidation sites excluding steroid dienone is 1. The van der Waals surface area contributed by atoms with Crippen LogP contribution in [0.3, 0.4) is 0 Å². The molecular weight excluding hydrogens is 236 g/mol. The highest BCUT2D eigenvalue weighted by atomic mass is 16.5. The molecule has 0 saturated heterocycles. The molecule has 0 radical (unpaired) electrons. The molecule has 3 N–H and O–H groups in total. The quantitative estimate of drug-likeness (QED) is 0.455. The molecule has 2 unspecified atom stereocenters. The molecule has 0 spiro atoms. The van der Waals surface area contributed by atoms with E-state index in [-0.39, 0.29) is 17.6 Å². The lowest BCUT2D eigenvalue weighted by molar-refractivity contribution is -0.0286. The van der Waals surface area contributed by atoms with Crippen LogP contribution in [0.5, 0.6) is 0 Å². The molecule has 0 saturated carbocycles. The molecule has 0 aromatic heterocycles. The molecule has 1 aliphatic carbocycles. The van der Waals surface area contributed by atoms with Crippen molar-refractivity contribution < 1.29 is 4.74 Å². The van der Waals surface area contributed by atoms with Crippen LogP contribution in [0.1, 0.15) is 66.2 Å². The average Bonchev–Trinajstić information content (AvgIpc) is 2.29. The minimum atomic E-state index is 0.0796. The van der Waals surface area contributed by atoms with Crippen molar-refractivity contribution in [1.29, 1.82) is 0 Å². The third-order valence-electron chi connectivity index (χ3n) is 3.91. The van der Waals surface area contributed by atoms with Crippen LogP contribution in [0.2, 0.25) is 0 Å². The molecule has 0 amide bonds. The molecule has 0 aromatic rings. The maximum absolute atomic E-state index is 6.00. The van der Waals surface area contributed by atoms with Crippen LogP contribution in [-0.2, 0) is 4.74 Å². The first-order valence-corrected chi connectivity index (χ1v) is 7.77. The van der Waals surface area contributed by atoms with Crippen LogP contribution < -0.4 is 11.3 Å². The minimum Gasteiger partial charge on any atom is -0.376 e. The van der Waals surface area contributed by atoms with E-state index in [4.69, 9.17) is 10.6 Å². The van der Waals surface area contributed by atoms with Crippen molar-refractivity contribution in [2.45, 2.75) is 78.4 Å². The first kappa shape index (κ1) is 16.7. The zero-order valence-electron chi connectivity index (χ0n) is 13.2. The van der Waals surface area contributed by atoms with Gasteiger partial charge in [0.2, 0.25) is 0 Å². The second kappa shape index (κ2) is 8.03. The summed E-state index contributed by atoms with van der Waals surface area (Å²) in [5.41, 5.74) is 4.54. The van der Waals surface area contributed by atoms with Crippen LogP contribution in [0, 0.1) is 5.41 Å². The zero-order valence-corrected chi connectivity index (χ0v) is 13.2. The molecule has 3 heteroatoms. The lowest BCUT2D eigenvalue weighted by Gasteiger charge is -2.38. The Morgan fingerprint density at radius 2 is 1.95 bits per heavy atom. The minimum absolute atomic E-state index is 0.0796. The molecule has 1 aliphatic rings. The molecule has 0 aliphatic heterocycles. The monoisotopic (exact) mass is 268 g/mol. The fraction of sp³-hybridized carbons (Fsp3) is 0.875. The fourth-order valence-corrected chi connectivity index (χ4v) is 2.91. The summed E-state index contributed by atoms with van der Waals surface area (Å²) in [4.78, 5) is 0. The highest BCUT2D eigenvalue weighted by Gasteiger charge is 2.34. The normalized spacial score (nSPS) is 21.2. The Morgan fingerprint density at radius 3 is 2.53 bits per heavy atom. The largest absolute Gasteiger partial charge is 0.376 e. The Morgan fingerprint density at radius 1 is 1.26 bits per heavy atom. The third kappa shape index (κ3) is 5.25. The van der Waals surface area contributed by atoms with E-state index >= 15 is 0 Å². The summed E-state index contributed by atoms with van der Waals surface area (Å²) in [5, 5.41) is 0. The molecule has 2 atom stereocenters. The van der Waals surface area contributed by atoms with Crippen LogP contribution in [0.15, 0.2) is 11.6 Å². The second-order valence-corrected chi connectivity index (χ2v) is 6.62. The molecule has 19 heavy (non-hydrogen) atoms. The highest BCUT2D eigenvalue weighted by molar-refractivity contribution is 5.15. The van der Waals surface area contributed by atoms with E-state index in [1.54, 1.807) is 0 Å². The predicted octanol–water partition coefficient (Wildman–Crippen LogP) is 3.55. The summed E-state index contributed by atoms with van der Waals surface area (Å²) < 4.78 is 6.00. The summed E-state index contributed by atoms with van der Waals surface area (Å²) in [6.07, 6.45) is 10.1. The summed E-state index contributed by atoms with van der Waals surface area (Å²) in [5.74, 6) is 5.85. The summed E-state index contributed by atoms with van der Waals surface area (Å²) in [6, 6.07) is 0.137. The smallest absolute Gasteiger partial charge is 0.0827 e. The van der Waals surface area contributed by atoms with Crippen LogP contribution >= 0.6 is 0 Å². The van der Waals surface area contributed by atoms with Gasteiger partial charge in [0, 0.05) is 6.61 Å². The number of hydrazine groups is 1. The molecule has 0 heterocycles. The van der Waals surface area contributed by atoms with Gasteiger partial charge in [0.25, 0.3) is 0 Å². The Hall–Kier alpha value is -0.380. The maximum atomic E-state index is 6.00. The molecule has 1 rings (SSSR count). The Bertz CT molecular complexity index is 281. The van der Waals surface area contributed by atoms with E-state index in [1.165, 1.54) is 37.7 Å². The van der Waals surface area contributed by atoms with E-state index < -0.39 is 0 Å². The van der Waals surface area contributed by atoms with E-state index in [2.05, 4.69) is 39.2 Å². The van der Waals surface area contributed by atoms with Gasteiger partial charge >= 0.3 is 0 Å². The molecule has 112 valence electrons. The van der Waals surface area contributed by atoms with Crippen LogP contribution in [0.25, 0.3) is 0 Å². The van der Waals surface area contributed by atoms with Gasteiger partial charge in [0.15, 0.2) is 0 Å². The van der Waals surface area contributed by atoms with Crippen molar-refractivity contribution in [1.82, 2.24) is 5.43 Å². The summed E-state index contributed by atoms with van der Waals surface area (Å²) in [7, 11) is 0. The predicted molar refractivity (Wildman–Crippen MR) is 81.8 cm³/mol. The van der Waals surface area contributed by atoms with E-state index in [1.807, 2.05) is 0 Å². The Kier molecular flexibility index (Phi) is 7.05. The maximum Gasteiger partial charge on any atom is 0.0827 e. The first-order chi connectivity index (χ1) is 9.00. The van der Waals surface area contributed by atoms with Gasteiger partial charge in [-0.2, -0.15) is 0 Å². The van der Waals surface area contributed by atoms with Crippen molar-refractivity contribution in [2.75, 3.05) is 6.61 Å². The lowest BCUT2D eigenvalue weighted by Crippen LogP contribution is -2.52. The summed E-state index contributed by atoms with van der Waals surface area (Å²) in [6.45, 7) is 9.45. The van der Waals surface area contributed by atoms with Gasteiger partial charge in [-0.15, -0.1) is 0 Å². The van der Waals surface area contributed by atoms with Gasteiger partial charge in [-0.3, -0.25) is 11.3 Å². The van der Waals surface area contributed by atoms with Crippen molar-refractivity contribution in [2.24, 2.45) is 11.3 Å². The lowest BCUT2D eigenvalue weighted by atomic mass is 9.80. The van der Waals surface area contributed by atoms with Gasteiger partial charge in [0.1, 0.15) is 0 Å². The van der Waals surface area contributed by atoms with Gasteiger partial charge < -0.3 is 4.74 Å². The number of hydrogen-bond acceptors (Lipinski definition) is 3. The average molecular weight is 268 g/mol. The van der Waals surface area contributed by atoms with Crippen LogP contribution in [0.4, 0.5) is 0 Å². The fourth-order valence-electron chi connectivity index (χ4n) is 2.91. The van der Waals surface area contributed by atoms with Crippen molar-refractivity contribution in [3.63, 3.8) is 0 Å². The molecular formula is C16H32N2O. The third-order valence-corrected chi connectivity index (χ3v) is 3.91. The van der Waals surface area contributed by atoms with Crippen molar-refractivity contribution in [3.05, 3.63) is 11.6 Å². The molecule has 0 aromatic carbocycles. The van der Waals surface area contributed by atoms with Gasteiger partial charge in [-0.25, -0.2) is 0 Å². The number of hydrogen-bond donors (Lipinski definition) is 2. The Balaban J connectivity index is 2.87. The number of nitrogens with one attached hydrogen (secondary N) is 1. The van der Waals surface area contributed by atoms with E-state index in [0.717, 1.165) is 13.0 Å². The topological polar surface area (TPSA) is 47.3 Å². The highest BCUT2D eigenvalue weighted by Crippen LogP contribution is 2.30. The zero-order chi connectivity index (χ0) is 14.3. The molecule has 0 fully saturated rings. The van der Waals surface area contributed by atoms with E-state index in [0.29, 0.717) is 0 Å². The first-order valence-electron chi connectivity index (χ1n) is 7.77. The standard InChI is InChI=1S/C16H32N2O/c1-5-19-15(16(2,3)4)14(18-17)13-11-9-7-6-8-10-12-13/h11,14-15,18H,5-10,12,17H2,1-4H3. The van der Waals surface area contributed by atoms with Gasteiger partial charge in [0.05, 0.1) is 12.1 Å². The Labute approximate surface area is 118 Å². The molecule has 3 nitrogen and oxygen atoms in total. The number of rotatable bonds is 5. The van der Waals surface area contributed by atoms with Gasteiger partial charge in [-0.05, 0) is 38.0 Å². The SMILES string of the molecule is CCOC(C(NN)C1=CCCCCCC1)C(C)(C)C. The van der Waals surface area contributed by atoms with Gasteiger partial charge in [-0.1, -0.05) is 45.3 Å². The van der Waals surface area contributed by atoms with Crippen molar-refractivity contribution >= 4 is 0 Å². The number of nitrogens with two attached hydrogens (primary N) is 1. The van der Waals surface area contributed by atoms with E-state index in [9.17, 15) is 0 Å².